The zero-order valence-electron chi connectivity index (χ0n) is 12.8. The lowest BCUT2D eigenvalue weighted by molar-refractivity contribution is 0.489. The molecule has 0 fully saturated rings. The maximum absolute atomic E-state index is 4.42. The molecule has 0 aliphatic carbocycles. The van der Waals surface area contributed by atoms with Gasteiger partial charge < -0.3 is 9.88 Å². The second-order valence-electron chi connectivity index (χ2n) is 5.36. The van der Waals surface area contributed by atoms with Gasteiger partial charge in [0.15, 0.2) is 0 Å². The molecule has 1 aromatic carbocycles. The van der Waals surface area contributed by atoms with Crippen molar-refractivity contribution in [1.29, 1.82) is 0 Å². The molecule has 1 unspecified atom stereocenters. The Hall–Kier alpha value is -1.61. The molecular weight excluding hydrogens is 246 g/mol. The SMILES string of the molecule is CCCNC(CCc1nccn1C)c1ccccc1C. The minimum Gasteiger partial charge on any atom is -0.338 e. The third-order valence-electron chi connectivity index (χ3n) is 3.78. The van der Waals surface area contributed by atoms with Crippen molar-refractivity contribution in [3.63, 3.8) is 0 Å². The van der Waals surface area contributed by atoms with Crippen LogP contribution >= 0.6 is 0 Å². The summed E-state index contributed by atoms with van der Waals surface area (Å²) in [7, 11) is 2.06. The van der Waals surface area contributed by atoms with Gasteiger partial charge in [-0.05, 0) is 37.4 Å². The molecule has 2 aromatic rings. The molecular formula is C17H25N3. The quantitative estimate of drug-likeness (QED) is 0.836. The van der Waals surface area contributed by atoms with E-state index in [4.69, 9.17) is 0 Å². The van der Waals surface area contributed by atoms with E-state index in [0.29, 0.717) is 6.04 Å². The van der Waals surface area contributed by atoms with Crippen molar-refractivity contribution in [2.24, 2.45) is 7.05 Å². The van der Waals surface area contributed by atoms with Crippen molar-refractivity contribution < 1.29 is 0 Å². The summed E-state index contributed by atoms with van der Waals surface area (Å²) in [6, 6.07) is 9.07. The van der Waals surface area contributed by atoms with Crippen LogP contribution in [0.25, 0.3) is 0 Å². The van der Waals surface area contributed by atoms with Crippen LogP contribution in [0.4, 0.5) is 0 Å². The molecule has 1 aromatic heterocycles. The predicted octanol–water partition coefficient (Wildman–Crippen LogP) is 3.40. The Morgan fingerprint density at radius 2 is 2.10 bits per heavy atom. The Morgan fingerprint density at radius 1 is 1.30 bits per heavy atom. The predicted molar refractivity (Wildman–Crippen MR) is 83.7 cm³/mol. The van der Waals surface area contributed by atoms with Gasteiger partial charge in [-0.2, -0.15) is 0 Å². The van der Waals surface area contributed by atoms with E-state index in [9.17, 15) is 0 Å². The normalized spacial score (nSPS) is 12.6. The second kappa shape index (κ2) is 7.25. The summed E-state index contributed by atoms with van der Waals surface area (Å²) >= 11 is 0. The molecule has 0 radical (unpaired) electrons. The van der Waals surface area contributed by atoms with E-state index in [1.165, 1.54) is 11.1 Å². The van der Waals surface area contributed by atoms with Crippen LogP contribution in [-0.4, -0.2) is 16.1 Å². The van der Waals surface area contributed by atoms with Crippen LogP contribution in [-0.2, 0) is 13.5 Å². The zero-order valence-corrected chi connectivity index (χ0v) is 12.8. The summed E-state index contributed by atoms with van der Waals surface area (Å²) in [5, 5.41) is 3.67. The van der Waals surface area contributed by atoms with Crippen LogP contribution in [0, 0.1) is 6.92 Å². The van der Waals surface area contributed by atoms with Gasteiger partial charge in [0.25, 0.3) is 0 Å². The molecule has 0 spiro atoms. The minimum absolute atomic E-state index is 0.410. The van der Waals surface area contributed by atoms with Gasteiger partial charge in [0.2, 0.25) is 0 Å². The van der Waals surface area contributed by atoms with Gasteiger partial charge in [-0.25, -0.2) is 4.98 Å². The number of nitrogens with one attached hydrogen (secondary N) is 1. The lowest BCUT2D eigenvalue weighted by Crippen LogP contribution is -2.23. The summed E-state index contributed by atoms with van der Waals surface area (Å²) in [6.07, 6.45) is 7.12. The third-order valence-corrected chi connectivity index (χ3v) is 3.78. The first-order valence-electron chi connectivity index (χ1n) is 7.47. The summed E-state index contributed by atoms with van der Waals surface area (Å²) < 4.78 is 2.11. The first-order chi connectivity index (χ1) is 9.72. The highest BCUT2D eigenvalue weighted by Crippen LogP contribution is 2.22. The fourth-order valence-corrected chi connectivity index (χ4v) is 2.57. The van der Waals surface area contributed by atoms with Crippen molar-refractivity contribution in [3.8, 4) is 0 Å². The topological polar surface area (TPSA) is 29.9 Å². The smallest absolute Gasteiger partial charge is 0.108 e. The number of imidazole rings is 1. The number of benzene rings is 1. The summed E-state index contributed by atoms with van der Waals surface area (Å²) in [4.78, 5) is 4.42. The fraction of sp³-hybridized carbons (Fsp3) is 0.471. The van der Waals surface area contributed by atoms with E-state index in [-0.39, 0.29) is 0 Å². The fourth-order valence-electron chi connectivity index (χ4n) is 2.57. The van der Waals surface area contributed by atoms with E-state index in [1.54, 1.807) is 0 Å². The van der Waals surface area contributed by atoms with Crippen LogP contribution in [0.3, 0.4) is 0 Å². The highest BCUT2D eigenvalue weighted by molar-refractivity contribution is 5.28. The van der Waals surface area contributed by atoms with Crippen LogP contribution in [0.15, 0.2) is 36.7 Å². The number of hydrogen-bond donors (Lipinski definition) is 1. The number of nitrogens with zero attached hydrogens (tertiary/aromatic N) is 2. The van der Waals surface area contributed by atoms with Gasteiger partial charge in [-0.1, -0.05) is 31.2 Å². The highest BCUT2D eigenvalue weighted by atomic mass is 15.0. The molecule has 0 amide bonds. The lowest BCUT2D eigenvalue weighted by Gasteiger charge is -2.21. The molecule has 0 aliphatic heterocycles. The Bertz CT molecular complexity index is 531. The van der Waals surface area contributed by atoms with E-state index >= 15 is 0 Å². The molecule has 20 heavy (non-hydrogen) atoms. The molecule has 1 N–H and O–H groups in total. The maximum atomic E-state index is 4.42. The molecule has 3 nitrogen and oxygen atoms in total. The van der Waals surface area contributed by atoms with Gasteiger partial charge >= 0.3 is 0 Å². The van der Waals surface area contributed by atoms with Gasteiger partial charge in [-0.15, -0.1) is 0 Å². The summed E-state index contributed by atoms with van der Waals surface area (Å²) in [6.45, 7) is 5.46. The second-order valence-corrected chi connectivity index (χ2v) is 5.36. The molecule has 2 rings (SSSR count). The van der Waals surface area contributed by atoms with Crippen molar-refractivity contribution in [2.75, 3.05) is 6.54 Å². The Labute approximate surface area is 122 Å². The summed E-state index contributed by atoms with van der Waals surface area (Å²) in [5.74, 6) is 1.15. The van der Waals surface area contributed by atoms with E-state index < -0.39 is 0 Å². The lowest BCUT2D eigenvalue weighted by atomic mass is 9.97. The zero-order chi connectivity index (χ0) is 14.4. The van der Waals surface area contributed by atoms with Crippen LogP contribution in [0.5, 0.6) is 0 Å². The Kier molecular flexibility index (Phi) is 5.36. The number of hydrogen-bond acceptors (Lipinski definition) is 2. The standard InChI is InChI=1S/C17H25N3/c1-4-11-18-16(15-8-6-5-7-14(15)2)9-10-17-19-12-13-20(17)3/h5-8,12-13,16,18H,4,9-11H2,1-3H3. The molecule has 3 heteroatoms. The van der Waals surface area contributed by atoms with Crippen LogP contribution < -0.4 is 5.32 Å². The van der Waals surface area contributed by atoms with Crippen molar-refractivity contribution in [2.45, 2.75) is 39.2 Å². The number of aryl methyl sites for hydroxylation is 3. The van der Waals surface area contributed by atoms with Crippen molar-refractivity contribution in [3.05, 3.63) is 53.6 Å². The van der Waals surface area contributed by atoms with Crippen molar-refractivity contribution in [1.82, 2.24) is 14.9 Å². The number of aromatic nitrogens is 2. The van der Waals surface area contributed by atoms with Crippen molar-refractivity contribution >= 4 is 0 Å². The molecule has 1 heterocycles. The average molecular weight is 271 g/mol. The maximum Gasteiger partial charge on any atom is 0.108 e. The molecule has 0 aliphatic rings. The average Bonchev–Trinajstić information content (AvgIpc) is 2.86. The Morgan fingerprint density at radius 3 is 2.75 bits per heavy atom. The van der Waals surface area contributed by atoms with Gasteiger partial charge in [0.1, 0.15) is 5.82 Å². The largest absolute Gasteiger partial charge is 0.338 e. The van der Waals surface area contributed by atoms with E-state index in [0.717, 1.165) is 31.6 Å². The Balaban J connectivity index is 2.08. The molecule has 0 bridgehead atoms. The van der Waals surface area contributed by atoms with Crippen LogP contribution in [0.1, 0.15) is 42.8 Å². The van der Waals surface area contributed by atoms with Gasteiger partial charge in [0, 0.05) is 31.9 Å². The number of rotatable bonds is 7. The first kappa shape index (κ1) is 14.8. The molecule has 0 saturated heterocycles. The third kappa shape index (κ3) is 3.70. The van der Waals surface area contributed by atoms with E-state index in [1.807, 2.05) is 12.4 Å². The van der Waals surface area contributed by atoms with Gasteiger partial charge in [0.05, 0.1) is 0 Å². The monoisotopic (exact) mass is 271 g/mol. The summed E-state index contributed by atoms with van der Waals surface area (Å²) in [5.41, 5.74) is 2.77. The van der Waals surface area contributed by atoms with E-state index in [2.05, 4.69) is 60.0 Å². The first-order valence-corrected chi connectivity index (χ1v) is 7.47. The van der Waals surface area contributed by atoms with Gasteiger partial charge in [-0.3, -0.25) is 0 Å². The van der Waals surface area contributed by atoms with Crippen LogP contribution in [0.2, 0.25) is 0 Å². The molecule has 0 saturated carbocycles. The highest BCUT2D eigenvalue weighted by Gasteiger charge is 2.13. The minimum atomic E-state index is 0.410. The molecule has 108 valence electrons. The molecule has 1 atom stereocenters.